The minimum Gasteiger partial charge on any atom is -0.479 e. The van der Waals surface area contributed by atoms with E-state index in [9.17, 15) is 45.6 Å². The highest BCUT2D eigenvalue weighted by atomic mass is 16.7. The van der Waals surface area contributed by atoms with Crippen LogP contribution in [0.1, 0.15) is 92.9 Å². The molecule has 0 spiro atoms. The maximum absolute atomic E-state index is 11.9. The highest BCUT2D eigenvalue weighted by Gasteiger charge is 2.71. The highest BCUT2D eigenvalue weighted by molar-refractivity contribution is 5.73. The number of fused-ring (bicyclic) bond motifs is 7. The fraction of sp³-hybridized carbons (Fsp3) is 0.917. The van der Waals surface area contributed by atoms with Crippen molar-refractivity contribution in [2.75, 3.05) is 13.2 Å². The van der Waals surface area contributed by atoms with Gasteiger partial charge in [-0.05, 0) is 90.8 Å². The predicted octanol–water partition coefficient (Wildman–Crippen LogP) is 1.97. The van der Waals surface area contributed by atoms with Crippen LogP contribution in [0.4, 0.5) is 0 Å². The molecule has 11 nitrogen and oxygen atoms in total. The summed E-state index contributed by atoms with van der Waals surface area (Å²) in [5.74, 6) is -1.29. The summed E-state index contributed by atoms with van der Waals surface area (Å²) in [6, 6.07) is 0. The SMILES string of the molecule is CC1(C)C[C@H]2C3=CC[C@@H]4[C@@]5(C)CC[C@H](O[C@@H]6O[C@H](C(=O)O)[C@@H](O)[C@H](O)[C@H]6O)[C@@](C)(CO)[C@@H]5CC[C@@]4(C)[C@]3(C)C[C@H](O)[C@@]2(CO)C[C@@H]1O. The third-order valence-corrected chi connectivity index (χ3v) is 15.5. The lowest BCUT2D eigenvalue weighted by Crippen LogP contribution is -2.68. The van der Waals surface area contributed by atoms with Crippen LogP contribution in [0, 0.1) is 50.2 Å². The maximum atomic E-state index is 11.9. The van der Waals surface area contributed by atoms with E-state index in [4.69, 9.17) is 9.47 Å². The summed E-state index contributed by atoms with van der Waals surface area (Å²) < 4.78 is 11.8. The van der Waals surface area contributed by atoms with Gasteiger partial charge in [-0.3, -0.25) is 0 Å². The molecule has 0 aromatic heterocycles. The third-order valence-electron chi connectivity index (χ3n) is 15.5. The summed E-state index contributed by atoms with van der Waals surface area (Å²) in [6.45, 7) is 12.8. The minimum absolute atomic E-state index is 0.00991. The Hall–Kier alpha value is -1.15. The smallest absolute Gasteiger partial charge is 0.335 e. The van der Waals surface area contributed by atoms with Gasteiger partial charge >= 0.3 is 5.97 Å². The molecular weight excluding hydrogens is 608 g/mol. The van der Waals surface area contributed by atoms with Gasteiger partial charge in [-0.15, -0.1) is 0 Å². The molecule has 4 saturated carbocycles. The lowest BCUT2D eigenvalue weighted by Gasteiger charge is -2.72. The Morgan fingerprint density at radius 2 is 1.53 bits per heavy atom. The van der Waals surface area contributed by atoms with Crippen molar-refractivity contribution >= 4 is 5.97 Å². The second-order valence-corrected chi connectivity index (χ2v) is 17.9. The predicted molar refractivity (Wildman–Crippen MR) is 170 cm³/mol. The van der Waals surface area contributed by atoms with Crippen molar-refractivity contribution in [1.29, 1.82) is 0 Å². The number of allylic oxidation sites excluding steroid dienone is 2. The Morgan fingerprint density at radius 1 is 0.851 bits per heavy atom. The minimum atomic E-state index is -1.81. The monoisotopic (exact) mass is 666 g/mol. The molecule has 5 fully saturated rings. The van der Waals surface area contributed by atoms with Gasteiger partial charge in [0.05, 0.1) is 31.5 Å². The van der Waals surface area contributed by atoms with Crippen LogP contribution in [0.15, 0.2) is 11.6 Å². The average molecular weight is 667 g/mol. The van der Waals surface area contributed by atoms with Gasteiger partial charge in [0.1, 0.15) is 18.3 Å². The number of aliphatic carboxylic acids is 1. The number of hydrogen-bond donors (Lipinski definition) is 8. The van der Waals surface area contributed by atoms with E-state index < -0.39 is 65.8 Å². The molecule has 1 saturated heterocycles. The van der Waals surface area contributed by atoms with Gasteiger partial charge in [-0.1, -0.05) is 53.2 Å². The molecule has 0 bridgehead atoms. The second-order valence-electron chi connectivity index (χ2n) is 17.9. The quantitative estimate of drug-likeness (QED) is 0.158. The Labute approximate surface area is 278 Å². The normalized spacial score (nSPS) is 55.5. The molecule has 11 heteroatoms. The first kappa shape index (κ1) is 35.7. The molecule has 0 aromatic carbocycles. The zero-order chi connectivity index (χ0) is 34.7. The van der Waals surface area contributed by atoms with E-state index >= 15 is 0 Å². The summed E-state index contributed by atoms with van der Waals surface area (Å²) >= 11 is 0. The summed E-state index contributed by atoms with van der Waals surface area (Å²) in [5, 5.41) is 85.7. The van der Waals surface area contributed by atoms with Gasteiger partial charge in [0.25, 0.3) is 0 Å². The van der Waals surface area contributed by atoms with Crippen LogP contribution in [0.5, 0.6) is 0 Å². The van der Waals surface area contributed by atoms with Crippen LogP contribution >= 0.6 is 0 Å². The van der Waals surface area contributed by atoms with E-state index in [-0.39, 0.29) is 52.6 Å². The number of aliphatic hydroxyl groups excluding tert-OH is 7. The molecule has 6 rings (SSSR count). The zero-order valence-electron chi connectivity index (χ0n) is 28.8. The molecule has 6 aliphatic rings. The first-order valence-electron chi connectivity index (χ1n) is 17.6. The van der Waals surface area contributed by atoms with Gasteiger partial charge in [-0.2, -0.15) is 0 Å². The second kappa shape index (κ2) is 11.4. The van der Waals surface area contributed by atoms with E-state index in [0.29, 0.717) is 25.7 Å². The lowest BCUT2D eigenvalue weighted by molar-refractivity contribution is -0.327. The first-order chi connectivity index (χ1) is 21.8. The number of rotatable bonds is 5. The van der Waals surface area contributed by atoms with Gasteiger partial charge in [-0.25, -0.2) is 4.79 Å². The van der Waals surface area contributed by atoms with Crippen LogP contribution in [0.25, 0.3) is 0 Å². The van der Waals surface area contributed by atoms with Crippen molar-refractivity contribution in [3.8, 4) is 0 Å². The standard InChI is InChI=1S/C36H58O11/c1-31(2)13-19-18-7-8-21-32(3)11-10-24(46-30-27(43)25(41)26(42)28(47-30)29(44)45)33(4,16-37)20(32)9-12-34(21,5)35(18,6)14-23(40)36(19,17-38)15-22(31)39/h7,19-28,30,37-43H,8-17H2,1-6H3,(H,44,45)/t19-,20+,21+,22-,23-,24-,25-,26-,27+,28-,30+,32-,33-,34+,35+,36+/m0/s1. The van der Waals surface area contributed by atoms with Crippen LogP contribution in [0.3, 0.4) is 0 Å². The lowest BCUT2D eigenvalue weighted by atomic mass is 9.33. The Bertz CT molecular complexity index is 1270. The van der Waals surface area contributed by atoms with Crippen molar-refractivity contribution in [3.05, 3.63) is 11.6 Å². The summed E-state index contributed by atoms with van der Waals surface area (Å²) in [7, 11) is 0. The summed E-state index contributed by atoms with van der Waals surface area (Å²) in [6.07, 6.45) is -2.79. The molecule has 0 radical (unpaired) electrons. The van der Waals surface area contributed by atoms with Crippen molar-refractivity contribution in [1.82, 2.24) is 0 Å². The topological polar surface area (TPSA) is 197 Å². The van der Waals surface area contributed by atoms with Crippen LogP contribution in [-0.4, -0.2) is 109 Å². The third kappa shape index (κ3) is 4.74. The summed E-state index contributed by atoms with van der Waals surface area (Å²) in [4.78, 5) is 11.7. The van der Waals surface area contributed by atoms with Crippen molar-refractivity contribution in [3.63, 3.8) is 0 Å². The highest BCUT2D eigenvalue weighted by Crippen LogP contribution is 2.75. The number of hydrogen-bond acceptors (Lipinski definition) is 10. The largest absolute Gasteiger partial charge is 0.479 e. The molecule has 0 aromatic rings. The number of carboxylic acids is 1. The van der Waals surface area contributed by atoms with Crippen molar-refractivity contribution in [2.45, 2.75) is 142 Å². The van der Waals surface area contributed by atoms with E-state index in [1.807, 2.05) is 6.92 Å². The molecule has 268 valence electrons. The van der Waals surface area contributed by atoms with Gasteiger partial charge < -0.3 is 50.3 Å². The van der Waals surface area contributed by atoms with Crippen molar-refractivity contribution in [2.24, 2.45) is 50.2 Å². The fourth-order valence-electron chi connectivity index (χ4n) is 12.3. The first-order valence-corrected chi connectivity index (χ1v) is 17.6. The number of carboxylic acid groups (broad SMARTS) is 1. The molecule has 16 atom stereocenters. The fourth-order valence-corrected chi connectivity index (χ4v) is 12.3. The maximum Gasteiger partial charge on any atom is 0.335 e. The van der Waals surface area contributed by atoms with E-state index in [1.165, 1.54) is 5.57 Å². The number of ether oxygens (including phenoxy) is 2. The van der Waals surface area contributed by atoms with Crippen LogP contribution in [0.2, 0.25) is 0 Å². The molecule has 8 N–H and O–H groups in total. The average Bonchev–Trinajstić information content (AvgIpc) is 3.00. The molecule has 1 aliphatic heterocycles. The van der Waals surface area contributed by atoms with Crippen molar-refractivity contribution < 1.29 is 55.1 Å². The van der Waals surface area contributed by atoms with Gasteiger partial charge in [0.2, 0.25) is 0 Å². The Morgan fingerprint density at radius 3 is 2.15 bits per heavy atom. The van der Waals surface area contributed by atoms with Crippen LogP contribution < -0.4 is 0 Å². The molecule has 5 aliphatic carbocycles. The summed E-state index contributed by atoms with van der Waals surface area (Å²) in [5.41, 5.74) is -1.33. The van der Waals surface area contributed by atoms with Crippen LogP contribution in [-0.2, 0) is 14.3 Å². The Balaban J connectivity index is 1.32. The van der Waals surface area contributed by atoms with E-state index in [0.717, 1.165) is 25.7 Å². The van der Waals surface area contributed by atoms with Gasteiger partial charge in [0.15, 0.2) is 12.4 Å². The molecule has 0 amide bonds. The zero-order valence-corrected chi connectivity index (χ0v) is 28.8. The van der Waals surface area contributed by atoms with E-state index in [2.05, 4.69) is 40.7 Å². The van der Waals surface area contributed by atoms with Gasteiger partial charge in [0, 0.05) is 10.8 Å². The Kier molecular flexibility index (Phi) is 8.68. The number of aliphatic hydroxyl groups is 7. The van der Waals surface area contributed by atoms with E-state index in [1.54, 1.807) is 0 Å². The molecule has 0 unspecified atom stereocenters. The molecule has 47 heavy (non-hydrogen) atoms. The molecular formula is C36H58O11. The number of carbonyl (C=O) groups is 1. The molecule has 1 heterocycles.